The first-order chi connectivity index (χ1) is 4.72. The highest BCUT2D eigenvalue weighted by Crippen LogP contribution is 2.11. The van der Waals surface area contributed by atoms with Gasteiger partial charge in [-0.1, -0.05) is 23.2 Å². The third-order valence-corrected chi connectivity index (χ3v) is 1.52. The van der Waals surface area contributed by atoms with Gasteiger partial charge in [0.1, 0.15) is 16.1 Å². The van der Waals surface area contributed by atoms with E-state index in [0.29, 0.717) is 21.9 Å². The van der Waals surface area contributed by atoms with Crippen LogP contribution in [-0.4, -0.2) is 9.97 Å². The largest absolute Gasteiger partial charge is 0.220 e. The number of rotatable bonds is 1. The molecular formula is C5H4Cl2N2S. The summed E-state index contributed by atoms with van der Waals surface area (Å²) in [4.78, 5) is 7.69. The maximum atomic E-state index is 5.56. The maximum Gasteiger partial charge on any atom is 0.141 e. The van der Waals surface area contributed by atoms with Crippen LogP contribution in [0.1, 0.15) is 5.82 Å². The zero-order chi connectivity index (χ0) is 7.56. The molecule has 0 saturated heterocycles. The van der Waals surface area contributed by atoms with Crippen molar-refractivity contribution in [3.8, 4) is 0 Å². The SMILES string of the molecule is SCc1nc(Cl)cc(Cl)n1. The summed E-state index contributed by atoms with van der Waals surface area (Å²) in [6.07, 6.45) is 0. The van der Waals surface area contributed by atoms with E-state index in [2.05, 4.69) is 22.6 Å². The van der Waals surface area contributed by atoms with Gasteiger partial charge in [0.15, 0.2) is 0 Å². The zero-order valence-electron chi connectivity index (χ0n) is 4.88. The van der Waals surface area contributed by atoms with E-state index in [1.54, 1.807) is 0 Å². The molecule has 10 heavy (non-hydrogen) atoms. The van der Waals surface area contributed by atoms with E-state index in [-0.39, 0.29) is 0 Å². The predicted molar refractivity (Wildman–Crippen MR) is 44.7 cm³/mol. The van der Waals surface area contributed by atoms with Crippen LogP contribution in [0.5, 0.6) is 0 Å². The van der Waals surface area contributed by atoms with Gasteiger partial charge in [-0.2, -0.15) is 12.6 Å². The van der Waals surface area contributed by atoms with Crippen molar-refractivity contribution in [2.24, 2.45) is 0 Å². The first kappa shape index (κ1) is 8.11. The third kappa shape index (κ3) is 2.01. The highest BCUT2D eigenvalue weighted by molar-refractivity contribution is 7.79. The fraction of sp³-hybridized carbons (Fsp3) is 0.200. The van der Waals surface area contributed by atoms with Gasteiger partial charge in [-0.3, -0.25) is 0 Å². The van der Waals surface area contributed by atoms with E-state index >= 15 is 0 Å². The smallest absolute Gasteiger partial charge is 0.141 e. The molecule has 0 fully saturated rings. The molecule has 0 aliphatic carbocycles. The topological polar surface area (TPSA) is 25.8 Å². The molecule has 1 aromatic heterocycles. The Morgan fingerprint density at radius 2 is 1.80 bits per heavy atom. The van der Waals surface area contributed by atoms with E-state index in [9.17, 15) is 0 Å². The molecule has 0 aliphatic heterocycles. The Morgan fingerprint density at radius 3 is 2.20 bits per heavy atom. The van der Waals surface area contributed by atoms with Gasteiger partial charge in [0, 0.05) is 6.07 Å². The van der Waals surface area contributed by atoms with Crippen LogP contribution in [-0.2, 0) is 5.75 Å². The quantitative estimate of drug-likeness (QED) is 0.549. The van der Waals surface area contributed by atoms with Gasteiger partial charge in [0.05, 0.1) is 5.75 Å². The Morgan fingerprint density at radius 1 is 1.30 bits per heavy atom. The van der Waals surface area contributed by atoms with Crippen molar-refractivity contribution in [3.05, 3.63) is 22.2 Å². The van der Waals surface area contributed by atoms with E-state index in [4.69, 9.17) is 23.2 Å². The monoisotopic (exact) mass is 194 g/mol. The molecule has 1 heterocycles. The first-order valence-corrected chi connectivity index (χ1v) is 3.91. The lowest BCUT2D eigenvalue weighted by atomic mass is 10.6. The molecule has 0 aromatic carbocycles. The summed E-state index contributed by atoms with van der Waals surface area (Å²) in [6, 6.07) is 1.48. The summed E-state index contributed by atoms with van der Waals surface area (Å²) >= 11 is 15.1. The minimum Gasteiger partial charge on any atom is -0.220 e. The van der Waals surface area contributed by atoms with Gasteiger partial charge in [-0.15, -0.1) is 0 Å². The lowest BCUT2D eigenvalue weighted by Gasteiger charge is -1.95. The van der Waals surface area contributed by atoms with E-state index in [1.165, 1.54) is 6.07 Å². The Labute approximate surface area is 74.0 Å². The Hall–Kier alpha value is 0.01000. The molecule has 1 aromatic rings. The molecule has 0 N–H and O–H groups in total. The van der Waals surface area contributed by atoms with Crippen LogP contribution in [0, 0.1) is 0 Å². The zero-order valence-corrected chi connectivity index (χ0v) is 7.29. The molecule has 5 heteroatoms. The van der Waals surface area contributed by atoms with Crippen LogP contribution < -0.4 is 0 Å². The van der Waals surface area contributed by atoms with Gasteiger partial charge >= 0.3 is 0 Å². The summed E-state index contributed by atoms with van der Waals surface area (Å²) in [6.45, 7) is 0. The molecule has 0 amide bonds. The number of halogens is 2. The Bertz CT molecular complexity index is 221. The number of thiol groups is 1. The van der Waals surface area contributed by atoms with Crippen LogP contribution >= 0.6 is 35.8 Å². The average molecular weight is 195 g/mol. The van der Waals surface area contributed by atoms with Gasteiger partial charge in [0.2, 0.25) is 0 Å². The van der Waals surface area contributed by atoms with Crippen molar-refractivity contribution in [2.45, 2.75) is 5.75 Å². The summed E-state index contributed by atoms with van der Waals surface area (Å²) in [5.74, 6) is 0.987. The first-order valence-electron chi connectivity index (χ1n) is 2.52. The molecule has 0 saturated carbocycles. The van der Waals surface area contributed by atoms with Crippen LogP contribution in [0.15, 0.2) is 6.07 Å². The lowest BCUT2D eigenvalue weighted by molar-refractivity contribution is 1.04. The maximum absolute atomic E-state index is 5.56. The Balaban J connectivity index is 3.06. The molecule has 1 rings (SSSR count). The summed E-state index contributed by atoms with van der Waals surface area (Å²) < 4.78 is 0. The second-order valence-corrected chi connectivity index (χ2v) is 2.68. The number of hydrogen-bond acceptors (Lipinski definition) is 3. The molecule has 0 radical (unpaired) electrons. The highest BCUT2D eigenvalue weighted by Gasteiger charge is 1.97. The van der Waals surface area contributed by atoms with Crippen molar-refractivity contribution in [1.82, 2.24) is 9.97 Å². The number of hydrogen-bond donors (Lipinski definition) is 1. The fourth-order valence-corrected chi connectivity index (χ4v) is 1.10. The van der Waals surface area contributed by atoms with Crippen molar-refractivity contribution >= 4 is 35.8 Å². The minimum absolute atomic E-state index is 0.351. The van der Waals surface area contributed by atoms with Crippen LogP contribution in [0.2, 0.25) is 10.3 Å². The van der Waals surface area contributed by atoms with Crippen LogP contribution in [0.25, 0.3) is 0 Å². The van der Waals surface area contributed by atoms with Gasteiger partial charge in [0.25, 0.3) is 0 Å². The third-order valence-electron chi connectivity index (χ3n) is 0.851. The summed E-state index contributed by atoms with van der Waals surface area (Å²) in [5.41, 5.74) is 0. The van der Waals surface area contributed by atoms with E-state index in [0.717, 1.165) is 0 Å². The standard InChI is InChI=1S/C5H4Cl2N2S/c6-3-1-4(7)9-5(2-10)8-3/h1,10H,2H2. The van der Waals surface area contributed by atoms with Gasteiger partial charge in [-0.05, 0) is 0 Å². The summed E-state index contributed by atoms with van der Waals surface area (Å²) in [7, 11) is 0. The molecule has 0 atom stereocenters. The predicted octanol–water partition coefficient (Wildman–Crippen LogP) is 2.21. The Kier molecular flexibility index (Phi) is 2.77. The van der Waals surface area contributed by atoms with Crippen molar-refractivity contribution in [3.63, 3.8) is 0 Å². The molecule has 2 nitrogen and oxygen atoms in total. The van der Waals surface area contributed by atoms with Crippen molar-refractivity contribution in [1.29, 1.82) is 0 Å². The van der Waals surface area contributed by atoms with Gasteiger partial charge in [-0.25, -0.2) is 9.97 Å². The normalized spacial score (nSPS) is 9.90. The molecular weight excluding hydrogens is 191 g/mol. The molecule has 0 bridgehead atoms. The molecule has 54 valence electrons. The number of aromatic nitrogens is 2. The summed E-state index contributed by atoms with van der Waals surface area (Å²) in [5, 5.41) is 0.702. The number of nitrogens with zero attached hydrogens (tertiary/aromatic N) is 2. The molecule has 0 spiro atoms. The van der Waals surface area contributed by atoms with E-state index < -0.39 is 0 Å². The van der Waals surface area contributed by atoms with E-state index in [1.807, 2.05) is 0 Å². The fourth-order valence-electron chi connectivity index (χ4n) is 0.505. The second kappa shape index (κ2) is 3.42. The van der Waals surface area contributed by atoms with Crippen molar-refractivity contribution in [2.75, 3.05) is 0 Å². The lowest BCUT2D eigenvalue weighted by Crippen LogP contribution is -1.90. The van der Waals surface area contributed by atoms with Crippen LogP contribution in [0.4, 0.5) is 0 Å². The molecule has 0 aliphatic rings. The molecule has 0 unspecified atom stereocenters. The minimum atomic E-state index is 0.351. The van der Waals surface area contributed by atoms with Crippen molar-refractivity contribution < 1.29 is 0 Å². The van der Waals surface area contributed by atoms with Gasteiger partial charge < -0.3 is 0 Å². The van der Waals surface area contributed by atoms with Crippen LogP contribution in [0.3, 0.4) is 0 Å². The average Bonchev–Trinajstić information content (AvgIpc) is 1.85. The second-order valence-electron chi connectivity index (χ2n) is 1.59. The highest BCUT2D eigenvalue weighted by atomic mass is 35.5.